The van der Waals surface area contributed by atoms with Crippen LogP contribution in [0.1, 0.15) is 11.9 Å². The number of fused-ring (bicyclic) bond motifs is 1. The molecule has 1 aliphatic rings. The monoisotopic (exact) mass is 321 g/mol. The lowest BCUT2D eigenvalue weighted by atomic mass is 10.0. The van der Waals surface area contributed by atoms with Crippen LogP contribution in [0.5, 0.6) is 0 Å². The summed E-state index contributed by atoms with van der Waals surface area (Å²) in [6, 6.07) is 18.6. The lowest BCUT2D eigenvalue weighted by molar-refractivity contribution is -0.0251. The van der Waals surface area contributed by atoms with Gasteiger partial charge in [-0.25, -0.2) is 0 Å². The van der Waals surface area contributed by atoms with Crippen LogP contribution in [0.4, 0.5) is 0 Å². The largest absolute Gasteiger partial charge is 0.372 e. The Morgan fingerprint density at radius 2 is 1.58 bits per heavy atom. The molecule has 0 bridgehead atoms. The van der Waals surface area contributed by atoms with Crippen LogP contribution >= 0.6 is 0 Å². The Hall–Kier alpha value is -2.14. The number of hydrogen-bond donors (Lipinski definition) is 2. The number of hydrogen-bond acceptors (Lipinski definition) is 3. The van der Waals surface area contributed by atoms with Crippen LogP contribution in [-0.2, 0) is 0 Å². The molecule has 0 amide bonds. The summed E-state index contributed by atoms with van der Waals surface area (Å²) in [4.78, 5) is 7.91. The van der Waals surface area contributed by atoms with E-state index in [0.29, 0.717) is 0 Å². The molecule has 1 saturated heterocycles. The van der Waals surface area contributed by atoms with Gasteiger partial charge < -0.3 is 15.0 Å². The van der Waals surface area contributed by atoms with Gasteiger partial charge in [-0.1, -0.05) is 48.5 Å². The molecule has 0 radical (unpaired) electrons. The summed E-state index contributed by atoms with van der Waals surface area (Å²) in [5.74, 6) is 0. The van der Waals surface area contributed by atoms with Crippen molar-refractivity contribution in [1.82, 2.24) is 14.8 Å². The molecule has 1 aliphatic heterocycles. The molecule has 2 N–H and O–H groups in total. The van der Waals surface area contributed by atoms with E-state index < -0.39 is 6.23 Å². The number of rotatable bonds is 3. The van der Waals surface area contributed by atoms with Gasteiger partial charge in [-0.15, -0.1) is 0 Å². The molecule has 1 unspecified atom stereocenters. The van der Waals surface area contributed by atoms with Crippen LogP contribution in [0.15, 0.2) is 54.6 Å². The van der Waals surface area contributed by atoms with E-state index in [1.165, 1.54) is 0 Å². The summed E-state index contributed by atoms with van der Waals surface area (Å²) < 4.78 is 0. The molecule has 0 saturated carbocycles. The van der Waals surface area contributed by atoms with Gasteiger partial charge in [0.2, 0.25) is 0 Å². The smallest absolute Gasteiger partial charge is 0.149 e. The van der Waals surface area contributed by atoms with Crippen molar-refractivity contribution in [3.63, 3.8) is 0 Å². The van der Waals surface area contributed by atoms with Crippen LogP contribution < -0.4 is 0 Å². The zero-order chi connectivity index (χ0) is 16.5. The maximum Gasteiger partial charge on any atom is 0.149 e. The lowest BCUT2D eigenvalue weighted by Crippen LogP contribution is -2.46. The molecule has 0 aliphatic carbocycles. The quantitative estimate of drug-likeness (QED) is 0.779. The van der Waals surface area contributed by atoms with Crippen molar-refractivity contribution in [2.24, 2.45) is 0 Å². The first kappa shape index (κ1) is 15.4. The van der Waals surface area contributed by atoms with E-state index in [9.17, 15) is 5.11 Å². The summed E-state index contributed by atoms with van der Waals surface area (Å²) in [7, 11) is 2.13. The van der Waals surface area contributed by atoms with Crippen molar-refractivity contribution in [1.29, 1.82) is 0 Å². The topological polar surface area (TPSA) is 42.5 Å². The predicted octanol–water partition coefficient (Wildman–Crippen LogP) is 3.07. The number of nitrogens with one attached hydrogen (secondary N) is 1. The van der Waals surface area contributed by atoms with Gasteiger partial charge in [0, 0.05) is 42.6 Å². The molecule has 1 aromatic heterocycles. The predicted molar refractivity (Wildman–Crippen MR) is 97.8 cm³/mol. The molecular formula is C20H23N3O. The number of likely N-dealkylation sites (N-methyl/N-ethyl adjacent to an activating group) is 1. The molecule has 2 heterocycles. The summed E-state index contributed by atoms with van der Waals surface area (Å²) in [6.45, 7) is 3.72. The minimum atomic E-state index is -0.610. The molecule has 4 heteroatoms. The van der Waals surface area contributed by atoms with Gasteiger partial charge >= 0.3 is 0 Å². The third kappa shape index (κ3) is 2.73. The number of aliphatic hydroxyl groups is 1. The van der Waals surface area contributed by atoms with E-state index >= 15 is 0 Å². The molecule has 4 rings (SSSR count). The first-order valence-corrected chi connectivity index (χ1v) is 8.51. The van der Waals surface area contributed by atoms with E-state index in [1.54, 1.807) is 0 Å². The number of H-pyrrole nitrogens is 1. The zero-order valence-corrected chi connectivity index (χ0v) is 13.9. The van der Waals surface area contributed by atoms with E-state index in [0.717, 1.165) is 53.9 Å². The van der Waals surface area contributed by atoms with Gasteiger partial charge in [0.15, 0.2) is 0 Å². The Morgan fingerprint density at radius 1 is 0.917 bits per heavy atom. The van der Waals surface area contributed by atoms with Crippen molar-refractivity contribution >= 4 is 10.9 Å². The maximum atomic E-state index is 11.1. The molecule has 2 aromatic carbocycles. The number of para-hydroxylation sites is 1. The molecule has 24 heavy (non-hydrogen) atoms. The van der Waals surface area contributed by atoms with Gasteiger partial charge in [0.1, 0.15) is 6.23 Å². The maximum absolute atomic E-state index is 11.1. The molecule has 4 nitrogen and oxygen atoms in total. The van der Waals surface area contributed by atoms with Gasteiger partial charge in [-0.3, -0.25) is 4.90 Å². The summed E-state index contributed by atoms with van der Waals surface area (Å²) in [5.41, 5.74) is 4.21. The Morgan fingerprint density at radius 3 is 2.33 bits per heavy atom. The second-order valence-corrected chi connectivity index (χ2v) is 6.54. The number of aliphatic hydroxyl groups excluding tert-OH is 1. The first-order valence-electron chi connectivity index (χ1n) is 8.51. The zero-order valence-electron chi connectivity index (χ0n) is 13.9. The van der Waals surface area contributed by atoms with Crippen LogP contribution in [0.3, 0.4) is 0 Å². The van der Waals surface area contributed by atoms with Crippen LogP contribution in [-0.4, -0.2) is 53.1 Å². The third-order valence-corrected chi connectivity index (χ3v) is 4.94. The first-order chi connectivity index (χ1) is 11.7. The fraction of sp³-hybridized carbons (Fsp3) is 0.300. The van der Waals surface area contributed by atoms with Gasteiger partial charge in [-0.05, 0) is 18.7 Å². The Kier molecular flexibility index (Phi) is 4.10. The van der Waals surface area contributed by atoms with E-state index in [4.69, 9.17) is 0 Å². The van der Waals surface area contributed by atoms with Crippen molar-refractivity contribution in [3.8, 4) is 11.1 Å². The van der Waals surface area contributed by atoms with Gasteiger partial charge in [-0.2, -0.15) is 0 Å². The fourth-order valence-electron chi connectivity index (χ4n) is 3.52. The number of piperazine rings is 1. The van der Waals surface area contributed by atoms with E-state index in [-0.39, 0.29) is 0 Å². The third-order valence-electron chi connectivity index (χ3n) is 4.94. The Labute approximate surface area is 142 Å². The van der Waals surface area contributed by atoms with Crippen LogP contribution in [0, 0.1) is 0 Å². The lowest BCUT2D eigenvalue weighted by Gasteiger charge is -2.35. The average molecular weight is 321 g/mol. The highest BCUT2D eigenvalue weighted by molar-refractivity contribution is 5.97. The van der Waals surface area contributed by atoms with E-state index in [1.807, 2.05) is 24.3 Å². The molecule has 1 fully saturated rings. The summed E-state index contributed by atoms with van der Waals surface area (Å²) in [5, 5.41) is 12.2. The number of aromatic nitrogens is 1. The van der Waals surface area contributed by atoms with Gasteiger partial charge in [0.25, 0.3) is 0 Å². The second-order valence-electron chi connectivity index (χ2n) is 6.54. The minimum absolute atomic E-state index is 0.610. The van der Waals surface area contributed by atoms with Crippen LogP contribution in [0.25, 0.3) is 22.0 Å². The SMILES string of the molecule is CN1CCN(C(O)c2[nH]c3ccccc3c2-c2ccccc2)CC1. The van der Waals surface area contributed by atoms with Crippen LogP contribution in [0.2, 0.25) is 0 Å². The number of nitrogens with zero attached hydrogens (tertiary/aromatic N) is 2. The second kappa shape index (κ2) is 6.40. The normalized spacial score (nSPS) is 18.1. The van der Waals surface area contributed by atoms with E-state index in [2.05, 4.69) is 52.2 Å². The highest BCUT2D eigenvalue weighted by Gasteiger charge is 2.26. The molecular weight excluding hydrogens is 298 g/mol. The molecule has 1 atom stereocenters. The minimum Gasteiger partial charge on any atom is -0.372 e. The van der Waals surface area contributed by atoms with Crippen molar-refractivity contribution < 1.29 is 5.11 Å². The van der Waals surface area contributed by atoms with Crippen molar-refractivity contribution in [2.75, 3.05) is 33.2 Å². The summed E-state index contributed by atoms with van der Waals surface area (Å²) >= 11 is 0. The summed E-state index contributed by atoms with van der Waals surface area (Å²) in [6.07, 6.45) is -0.610. The van der Waals surface area contributed by atoms with Crippen molar-refractivity contribution in [3.05, 3.63) is 60.3 Å². The highest BCUT2D eigenvalue weighted by atomic mass is 16.3. The standard InChI is InChI=1S/C20H23N3O/c1-22-11-13-23(14-12-22)20(24)19-18(15-7-3-2-4-8-15)16-9-5-6-10-17(16)21-19/h2-10,20-21,24H,11-14H2,1H3. The molecule has 124 valence electrons. The molecule has 3 aromatic rings. The molecule has 0 spiro atoms. The number of benzene rings is 2. The fourth-order valence-corrected chi connectivity index (χ4v) is 3.52. The average Bonchev–Trinajstić information content (AvgIpc) is 3.02. The Bertz CT molecular complexity index is 819. The highest BCUT2D eigenvalue weighted by Crippen LogP contribution is 2.36. The Balaban J connectivity index is 1.80. The number of aromatic amines is 1. The van der Waals surface area contributed by atoms with Crippen molar-refractivity contribution in [2.45, 2.75) is 6.23 Å². The van der Waals surface area contributed by atoms with Gasteiger partial charge in [0.05, 0.1) is 5.69 Å².